The van der Waals surface area contributed by atoms with Gasteiger partial charge in [-0.3, -0.25) is 4.79 Å². The van der Waals surface area contributed by atoms with Gasteiger partial charge in [0.05, 0.1) is 5.92 Å². The lowest BCUT2D eigenvalue weighted by molar-refractivity contribution is -0.141. The first-order valence-corrected chi connectivity index (χ1v) is 5.77. The molecule has 0 saturated carbocycles. The van der Waals surface area contributed by atoms with Crippen molar-refractivity contribution in [1.82, 2.24) is 4.31 Å². The molecule has 0 bridgehead atoms. The predicted molar refractivity (Wildman–Crippen MR) is 49.0 cm³/mol. The molecule has 96 valence electrons. The van der Waals surface area contributed by atoms with Crippen molar-refractivity contribution in [3.05, 3.63) is 0 Å². The molecular formula is C7H12F3NO4S. The lowest BCUT2D eigenvalue weighted by Gasteiger charge is -2.23. The van der Waals surface area contributed by atoms with Gasteiger partial charge in [-0.1, -0.05) is 13.8 Å². The Morgan fingerprint density at radius 3 is 2.12 bits per heavy atom. The number of alkyl halides is 3. The van der Waals surface area contributed by atoms with Crippen molar-refractivity contribution in [2.75, 3.05) is 13.1 Å². The second-order valence-electron chi connectivity index (χ2n) is 3.14. The summed E-state index contributed by atoms with van der Waals surface area (Å²) < 4.78 is 58.4. The molecule has 5 nitrogen and oxygen atoms in total. The van der Waals surface area contributed by atoms with Gasteiger partial charge < -0.3 is 5.11 Å². The zero-order valence-electron chi connectivity index (χ0n) is 8.65. The first kappa shape index (κ1) is 15.2. The molecule has 0 aromatic heterocycles. The van der Waals surface area contributed by atoms with Crippen LogP contribution in [-0.2, 0) is 14.8 Å². The summed E-state index contributed by atoms with van der Waals surface area (Å²) in [5.74, 6) is -2.55. The second kappa shape index (κ2) is 5.00. The van der Waals surface area contributed by atoms with Gasteiger partial charge in [-0.2, -0.15) is 17.5 Å². The Morgan fingerprint density at radius 2 is 1.88 bits per heavy atom. The topological polar surface area (TPSA) is 74.7 Å². The van der Waals surface area contributed by atoms with E-state index in [4.69, 9.17) is 5.11 Å². The predicted octanol–water partition coefficient (Wildman–Crippen LogP) is 0.879. The molecule has 0 aliphatic carbocycles. The molecule has 0 aromatic rings. The fourth-order valence-corrected chi connectivity index (χ4v) is 1.98. The molecule has 9 heteroatoms. The van der Waals surface area contributed by atoms with Crippen molar-refractivity contribution >= 4 is 16.0 Å². The smallest absolute Gasteiger partial charge is 0.481 e. The van der Waals surface area contributed by atoms with E-state index in [1.165, 1.54) is 6.92 Å². The van der Waals surface area contributed by atoms with Crippen molar-refractivity contribution in [1.29, 1.82) is 0 Å². The van der Waals surface area contributed by atoms with Crippen LogP contribution in [0.5, 0.6) is 0 Å². The largest absolute Gasteiger partial charge is 0.511 e. The Balaban J connectivity index is 4.96. The number of carboxylic acids is 1. The molecule has 16 heavy (non-hydrogen) atoms. The van der Waals surface area contributed by atoms with Gasteiger partial charge in [-0.15, -0.1) is 0 Å². The molecule has 1 N–H and O–H groups in total. The van der Waals surface area contributed by atoms with Crippen LogP contribution in [-0.4, -0.2) is 42.4 Å². The van der Waals surface area contributed by atoms with E-state index < -0.39 is 40.5 Å². The summed E-state index contributed by atoms with van der Waals surface area (Å²) in [5, 5.41) is 8.49. The van der Waals surface area contributed by atoms with Crippen LogP contribution in [0.15, 0.2) is 0 Å². The first-order chi connectivity index (χ1) is 7.04. The number of carbonyl (C=O) groups is 1. The molecule has 0 aromatic carbocycles. The number of nitrogens with zero attached hydrogens (tertiary/aromatic N) is 1. The first-order valence-electron chi connectivity index (χ1n) is 4.33. The van der Waals surface area contributed by atoms with E-state index in [9.17, 15) is 26.4 Å². The summed E-state index contributed by atoms with van der Waals surface area (Å²) in [6.07, 6.45) is 0. The van der Waals surface area contributed by atoms with Crippen molar-refractivity contribution in [3.63, 3.8) is 0 Å². The van der Waals surface area contributed by atoms with Crippen LogP contribution >= 0.6 is 0 Å². The van der Waals surface area contributed by atoms with Crippen LogP contribution in [0.25, 0.3) is 0 Å². The van der Waals surface area contributed by atoms with Crippen molar-refractivity contribution in [2.45, 2.75) is 19.4 Å². The Labute approximate surface area is 90.9 Å². The second-order valence-corrected chi connectivity index (χ2v) is 5.07. The number of rotatable bonds is 5. The number of hydrogen-bond acceptors (Lipinski definition) is 3. The molecule has 0 spiro atoms. The molecule has 0 radical (unpaired) electrons. The zero-order valence-corrected chi connectivity index (χ0v) is 9.47. The summed E-state index contributed by atoms with van der Waals surface area (Å²) >= 11 is 0. The fourth-order valence-electron chi connectivity index (χ4n) is 0.927. The maximum absolute atomic E-state index is 12.1. The third kappa shape index (κ3) is 3.34. The third-order valence-electron chi connectivity index (χ3n) is 1.88. The number of halogens is 3. The highest BCUT2D eigenvalue weighted by Gasteiger charge is 2.49. The van der Waals surface area contributed by atoms with E-state index in [-0.39, 0.29) is 4.31 Å². The van der Waals surface area contributed by atoms with Gasteiger partial charge in [0, 0.05) is 13.1 Å². The average Bonchev–Trinajstić information content (AvgIpc) is 2.11. The minimum Gasteiger partial charge on any atom is -0.481 e. The van der Waals surface area contributed by atoms with E-state index in [0.717, 1.165) is 6.92 Å². The van der Waals surface area contributed by atoms with E-state index in [1.54, 1.807) is 0 Å². The standard InChI is InChI=1S/C7H12F3NO4S/c1-3-11(4-5(2)6(12)13)16(14,15)7(8,9)10/h5H,3-4H2,1-2H3,(H,12,13). The molecule has 0 heterocycles. The van der Waals surface area contributed by atoms with Crippen molar-refractivity contribution in [3.8, 4) is 0 Å². The van der Waals surface area contributed by atoms with Gasteiger partial charge in [0.15, 0.2) is 0 Å². The summed E-state index contributed by atoms with van der Waals surface area (Å²) in [6.45, 7) is 1.21. The van der Waals surface area contributed by atoms with Gasteiger partial charge in [0.1, 0.15) is 0 Å². The molecule has 0 fully saturated rings. The van der Waals surface area contributed by atoms with Gasteiger partial charge in [-0.25, -0.2) is 8.42 Å². The summed E-state index contributed by atoms with van der Waals surface area (Å²) in [4.78, 5) is 10.4. The number of aliphatic carboxylic acids is 1. The zero-order chi connectivity index (χ0) is 13.1. The fraction of sp³-hybridized carbons (Fsp3) is 0.857. The molecular weight excluding hydrogens is 251 g/mol. The lowest BCUT2D eigenvalue weighted by atomic mass is 10.2. The average molecular weight is 263 g/mol. The highest BCUT2D eigenvalue weighted by atomic mass is 32.2. The molecule has 1 atom stereocenters. The Hall–Kier alpha value is -0.830. The minimum atomic E-state index is -5.45. The highest BCUT2D eigenvalue weighted by molar-refractivity contribution is 7.90. The lowest BCUT2D eigenvalue weighted by Crippen LogP contribution is -2.43. The quantitative estimate of drug-likeness (QED) is 0.799. The summed E-state index contributed by atoms with van der Waals surface area (Å²) in [6, 6.07) is 0. The van der Waals surface area contributed by atoms with E-state index in [0.29, 0.717) is 0 Å². The number of sulfonamides is 1. The van der Waals surface area contributed by atoms with Crippen molar-refractivity contribution < 1.29 is 31.5 Å². The Kier molecular flexibility index (Phi) is 4.74. The third-order valence-corrected chi connectivity index (χ3v) is 3.56. The van der Waals surface area contributed by atoms with Crippen LogP contribution in [0, 0.1) is 5.92 Å². The Morgan fingerprint density at radius 1 is 1.44 bits per heavy atom. The molecule has 0 rings (SSSR count). The SMILES string of the molecule is CCN(CC(C)C(=O)O)S(=O)(=O)C(F)(F)F. The van der Waals surface area contributed by atoms with Crippen LogP contribution in [0.2, 0.25) is 0 Å². The summed E-state index contributed by atoms with van der Waals surface area (Å²) in [5.41, 5.74) is -5.40. The van der Waals surface area contributed by atoms with E-state index >= 15 is 0 Å². The van der Waals surface area contributed by atoms with Crippen LogP contribution in [0.4, 0.5) is 13.2 Å². The van der Waals surface area contributed by atoms with Crippen molar-refractivity contribution in [2.24, 2.45) is 5.92 Å². The van der Waals surface area contributed by atoms with E-state index in [1.807, 2.05) is 0 Å². The van der Waals surface area contributed by atoms with E-state index in [2.05, 4.69) is 0 Å². The van der Waals surface area contributed by atoms with Crippen LogP contribution in [0.1, 0.15) is 13.8 Å². The maximum atomic E-state index is 12.1. The maximum Gasteiger partial charge on any atom is 0.511 e. The van der Waals surface area contributed by atoms with Gasteiger partial charge in [-0.05, 0) is 0 Å². The Bertz CT molecular complexity index is 351. The molecule has 0 saturated heterocycles. The van der Waals surface area contributed by atoms with Gasteiger partial charge >= 0.3 is 21.5 Å². The molecule has 1 unspecified atom stereocenters. The number of carboxylic acid groups (broad SMARTS) is 1. The molecule has 0 aliphatic rings. The van der Waals surface area contributed by atoms with Crippen LogP contribution < -0.4 is 0 Å². The minimum absolute atomic E-state index is 0.103. The van der Waals surface area contributed by atoms with Crippen LogP contribution in [0.3, 0.4) is 0 Å². The highest BCUT2D eigenvalue weighted by Crippen LogP contribution is 2.27. The number of hydrogen-bond donors (Lipinski definition) is 1. The molecule has 0 amide bonds. The summed E-state index contributed by atoms with van der Waals surface area (Å²) in [7, 11) is -5.45. The van der Waals surface area contributed by atoms with Gasteiger partial charge in [0.25, 0.3) is 0 Å². The monoisotopic (exact) mass is 263 g/mol. The van der Waals surface area contributed by atoms with Gasteiger partial charge in [0.2, 0.25) is 0 Å². The normalized spacial score (nSPS) is 15.1. The molecule has 0 aliphatic heterocycles.